The van der Waals surface area contributed by atoms with Crippen molar-refractivity contribution < 1.29 is 14.3 Å². The normalized spacial score (nSPS) is 14.1. The van der Waals surface area contributed by atoms with E-state index in [0.29, 0.717) is 30.3 Å². The molecule has 0 aromatic heterocycles. The molecule has 134 valence electrons. The molecule has 0 unspecified atom stereocenters. The number of hydrogen-bond acceptors (Lipinski definition) is 3. The Hall–Kier alpha value is -2.48. The number of rotatable bonds is 6. The average molecular weight is 342 g/mol. The van der Waals surface area contributed by atoms with E-state index in [1.807, 2.05) is 0 Å². The van der Waals surface area contributed by atoms with Gasteiger partial charge in [0.05, 0.1) is 6.54 Å². The van der Waals surface area contributed by atoms with Gasteiger partial charge in [-0.25, -0.2) is 0 Å². The number of benzene rings is 1. The third kappa shape index (κ3) is 7.75. The summed E-state index contributed by atoms with van der Waals surface area (Å²) in [4.78, 5) is 22.9. The van der Waals surface area contributed by atoms with Gasteiger partial charge >= 0.3 is 0 Å². The molecule has 1 aliphatic rings. The maximum absolute atomic E-state index is 11.8. The Bertz CT molecular complexity index is 640. The van der Waals surface area contributed by atoms with E-state index in [4.69, 9.17) is 4.74 Å². The van der Waals surface area contributed by atoms with E-state index >= 15 is 0 Å². The van der Waals surface area contributed by atoms with Gasteiger partial charge in [0, 0.05) is 25.1 Å². The Morgan fingerprint density at radius 2 is 2.00 bits per heavy atom. The molecule has 0 spiro atoms. The highest BCUT2D eigenvalue weighted by Crippen LogP contribution is 2.25. The second-order valence-electron chi connectivity index (χ2n) is 6.34. The minimum atomic E-state index is -0.124. The Labute approximate surface area is 149 Å². The molecule has 0 aliphatic heterocycles. The van der Waals surface area contributed by atoms with Gasteiger partial charge < -0.3 is 15.4 Å². The van der Waals surface area contributed by atoms with Gasteiger partial charge in [0.25, 0.3) is 0 Å². The predicted octanol–water partition coefficient (Wildman–Crippen LogP) is 3.11. The van der Waals surface area contributed by atoms with Crippen LogP contribution in [-0.2, 0) is 9.59 Å². The number of nitrogens with one attached hydrogen (secondary N) is 2. The molecule has 2 N–H and O–H groups in total. The lowest BCUT2D eigenvalue weighted by Crippen LogP contribution is -2.26. The van der Waals surface area contributed by atoms with Crippen molar-refractivity contribution >= 4 is 17.5 Å². The number of amides is 2. The molecule has 1 aliphatic carbocycles. The van der Waals surface area contributed by atoms with Crippen LogP contribution in [0.4, 0.5) is 5.69 Å². The molecule has 1 aromatic rings. The molecule has 0 bridgehead atoms. The summed E-state index contributed by atoms with van der Waals surface area (Å²) in [6.07, 6.45) is 6.76. The molecule has 0 radical (unpaired) electrons. The molecule has 0 heterocycles. The quantitative estimate of drug-likeness (QED) is 0.781. The first kappa shape index (κ1) is 18.9. The maximum atomic E-state index is 11.8. The zero-order valence-corrected chi connectivity index (χ0v) is 14.8. The van der Waals surface area contributed by atoms with E-state index in [2.05, 4.69) is 22.5 Å². The summed E-state index contributed by atoms with van der Waals surface area (Å²) in [7, 11) is 0. The number of anilines is 1. The Balaban J connectivity index is 1.63. The van der Waals surface area contributed by atoms with Gasteiger partial charge in [-0.15, -0.1) is 0 Å². The smallest absolute Gasteiger partial charge is 0.221 e. The van der Waals surface area contributed by atoms with Crippen LogP contribution in [0.3, 0.4) is 0 Å². The van der Waals surface area contributed by atoms with Crippen molar-refractivity contribution in [3.05, 3.63) is 24.3 Å². The van der Waals surface area contributed by atoms with Crippen molar-refractivity contribution in [1.82, 2.24) is 5.32 Å². The molecule has 0 saturated heterocycles. The standard InChI is InChI=1S/C20H26N2O3/c1-16(23)22-18-10-7-11-19(15-18)25-13-6-5-12-21-20(24)14-17-8-3-2-4-9-17/h7,10-11,15,17H,2-4,8-9,12-14H2,1H3,(H,21,24)(H,22,23). The molecule has 5 nitrogen and oxygen atoms in total. The van der Waals surface area contributed by atoms with Crippen LogP contribution >= 0.6 is 0 Å². The van der Waals surface area contributed by atoms with E-state index < -0.39 is 0 Å². The fraction of sp³-hybridized carbons (Fsp3) is 0.500. The summed E-state index contributed by atoms with van der Waals surface area (Å²) in [6.45, 7) is 2.05. The topological polar surface area (TPSA) is 67.4 Å². The molecule has 1 fully saturated rings. The van der Waals surface area contributed by atoms with Crippen LogP contribution < -0.4 is 15.4 Å². The Morgan fingerprint density at radius 1 is 1.20 bits per heavy atom. The van der Waals surface area contributed by atoms with Gasteiger partial charge in [-0.3, -0.25) is 9.59 Å². The Morgan fingerprint density at radius 3 is 2.76 bits per heavy atom. The summed E-state index contributed by atoms with van der Waals surface area (Å²) >= 11 is 0. The van der Waals surface area contributed by atoms with E-state index in [0.717, 1.165) is 0 Å². The number of ether oxygens (including phenoxy) is 1. The second kappa shape index (κ2) is 10.4. The highest BCUT2D eigenvalue weighted by atomic mass is 16.5. The first-order valence-electron chi connectivity index (χ1n) is 8.86. The zero-order valence-electron chi connectivity index (χ0n) is 14.8. The van der Waals surface area contributed by atoms with Crippen LogP contribution in [0, 0.1) is 17.8 Å². The summed E-state index contributed by atoms with van der Waals surface area (Å²) in [5, 5.41) is 5.54. The van der Waals surface area contributed by atoms with Gasteiger partial charge in [-0.1, -0.05) is 37.2 Å². The molecular formula is C20H26N2O3. The molecule has 5 heteroatoms. The first-order chi connectivity index (χ1) is 12.1. The predicted molar refractivity (Wildman–Crippen MR) is 98.2 cm³/mol. The lowest BCUT2D eigenvalue weighted by molar-refractivity contribution is -0.122. The zero-order chi connectivity index (χ0) is 17.9. The minimum Gasteiger partial charge on any atom is -0.481 e. The molecule has 1 saturated carbocycles. The highest BCUT2D eigenvalue weighted by Gasteiger charge is 2.16. The lowest BCUT2D eigenvalue weighted by atomic mass is 9.87. The van der Waals surface area contributed by atoms with Crippen LogP contribution in [0.2, 0.25) is 0 Å². The lowest BCUT2D eigenvalue weighted by Gasteiger charge is -2.20. The molecule has 0 atom stereocenters. The van der Waals surface area contributed by atoms with Crippen LogP contribution in [0.25, 0.3) is 0 Å². The number of carbonyl (C=O) groups excluding carboxylic acids is 2. The number of carbonyl (C=O) groups is 2. The van der Waals surface area contributed by atoms with Crippen molar-refractivity contribution in [3.8, 4) is 17.6 Å². The van der Waals surface area contributed by atoms with Crippen molar-refractivity contribution in [2.45, 2.75) is 45.4 Å². The third-order valence-electron chi connectivity index (χ3n) is 4.16. The molecule has 1 aromatic carbocycles. The Kier molecular flexibility index (Phi) is 7.84. The van der Waals surface area contributed by atoms with E-state index in [1.54, 1.807) is 24.3 Å². The summed E-state index contributed by atoms with van der Waals surface area (Å²) in [6, 6.07) is 7.15. The average Bonchev–Trinajstić information content (AvgIpc) is 2.58. The second-order valence-corrected chi connectivity index (χ2v) is 6.34. The first-order valence-corrected chi connectivity index (χ1v) is 8.86. The van der Waals surface area contributed by atoms with Crippen LogP contribution in [-0.4, -0.2) is 25.0 Å². The highest BCUT2D eigenvalue weighted by molar-refractivity contribution is 5.88. The number of hydrogen-bond donors (Lipinski definition) is 2. The van der Waals surface area contributed by atoms with Gasteiger partial charge in [0.1, 0.15) is 12.4 Å². The van der Waals surface area contributed by atoms with Gasteiger partial charge in [-0.05, 0) is 30.9 Å². The monoisotopic (exact) mass is 342 g/mol. The third-order valence-corrected chi connectivity index (χ3v) is 4.16. The maximum Gasteiger partial charge on any atom is 0.221 e. The molecule has 2 rings (SSSR count). The van der Waals surface area contributed by atoms with Gasteiger partial charge in [0.15, 0.2) is 0 Å². The fourth-order valence-electron chi connectivity index (χ4n) is 2.97. The van der Waals surface area contributed by atoms with E-state index in [1.165, 1.54) is 39.0 Å². The van der Waals surface area contributed by atoms with Gasteiger partial charge in [-0.2, -0.15) is 0 Å². The minimum absolute atomic E-state index is 0.0881. The van der Waals surface area contributed by atoms with E-state index in [9.17, 15) is 9.59 Å². The molecule has 25 heavy (non-hydrogen) atoms. The van der Waals surface area contributed by atoms with Crippen LogP contribution in [0.1, 0.15) is 45.4 Å². The van der Waals surface area contributed by atoms with Crippen molar-refractivity contribution in [3.63, 3.8) is 0 Å². The van der Waals surface area contributed by atoms with Crippen LogP contribution in [0.15, 0.2) is 24.3 Å². The largest absolute Gasteiger partial charge is 0.481 e. The summed E-state index contributed by atoms with van der Waals surface area (Å²) < 4.78 is 5.52. The van der Waals surface area contributed by atoms with E-state index in [-0.39, 0.29) is 18.4 Å². The summed E-state index contributed by atoms with van der Waals surface area (Å²) in [5.74, 6) is 6.92. The fourth-order valence-corrected chi connectivity index (χ4v) is 2.97. The van der Waals surface area contributed by atoms with Crippen molar-refractivity contribution in [2.24, 2.45) is 5.92 Å². The van der Waals surface area contributed by atoms with Crippen molar-refractivity contribution in [2.75, 3.05) is 18.5 Å². The molecular weight excluding hydrogens is 316 g/mol. The van der Waals surface area contributed by atoms with Crippen LogP contribution in [0.5, 0.6) is 5.75 Å². The SMILES string of the molecule is CC(=O)Nc1cccc(OCC#CCNC(=O)CC2CCCCC2)c1. The van der Waals surface area contributed by atoms with Gasteiger partial charge in [0.2, 0.25) is 11.8 Å². The van der Waals surface area contributed by atoms with Crippen molar-refractivity contribution in [1.29, 1.82) is 0 Å². The molecule has 2 amide bonds. The summed E-state index contributed by atoms with van der Waals surface area (Å²) in [5.41, 5.74) is 0.688.